The summed E-state index contributed by atoms with van der Waals surface area (Å²) in [6.45, 7) is -1.77. The molecule has 0 unspecified atom stereocenters. The Morgan fingerprint density at radius 3 is 2.56 bits per heavy atom. The average molecular weight is 451 g/mol. The third kappa shape index (κ3) is 5.91. The van der Waals surface area contributed by atoms with Gasteiger partial charge in [0.25, 0.3) is 11.6 Å². The fourth-order valence-corrected chi connectivity index (χ4v) is 2.45. The number of nitrogens with one attached hydrogen (secondary N) is 1. The molecule has 0 aliphatic heterocycles. The molecule has 27 heavy (non-hydrogen) atoms. The van der Waals surface area contributed by atoms with Crippen molar-refractivity contribution in [1.29, 1.82) is 0 Å². The largest absolute Gasteiger partial charge is 0.484 e. The van der Waals surface area contributed by atoms with E-state index in [9.17, 15) is 32.5 Å². The smallest absolute Gasteiger partial charge is 0.422 e. The van der Waals surface area contributed by atoms with Crippen LogP contribution in [-0.4, -0.2) is 23.6 Å². The first kappa shape index (κ1) is 20.6. The molecule has 0 aliphatic rings. The van der Waals surface area contributed by atoms with Gasteiger partial charge >= 0.3 is 6.18 Å². The van der Waals surface area contributed by atoms with Gasteiger partial charge < -0.3 is 10.1 Å². The molecule has 0 fully saturated rings. The number of carbonyl (C=O) groups is 1. The summed E-state index contributed by atoms with van der Waals surface area (Å²) < 4.78 is 55.0. The number of rotatable bonds is 6. The lowest BCUT2D eigenvalue weighted by atomic mass is 10.1. The first-order chi connectivity index (χ1) is 12.6. The fourth-order valence-electron chi connectivity index (χ4n) is 2.06. The summed E-state index contributed by atoms with van der Waals surface area (Å²) in [6, 6.07) is 6.45. The topological polar surface area (TPSA) is 81.5 Å². The molecule has 0 spiro atoms. The van der Waals surface area contributed by atoms with Crippen LogP contribution in [-0.2, 0) is 6.54 Å². The van der Waals surface area contributed by atoms with Crippen molar-refractivity contribution < 1.29 is 32.0 Å². The van der Waals surface area contributed by atoms with Crippen LogP contribution in [0.1, 0.15) is 15.9 Å². The molecule has 1 amide bonds. The quantitative estimate of drug-likeness (QED) is 0.402. The van der Waals surface area contributed by atoms with E-state index < -0.39 is 40.7 Å². The summed E-state index contributed by atoms with van der Waals surface area (Å²) in [4.78, 5) is 22.5. The summed E-state index contributed by atoms with van der Waals surface area (Å²) in [5.41, 5.74) is -0.715. The first-order valence-corrected chi connectivity index (χ1v) is 8.06. The summed E-state index contributed by atoms with van der Waals surface area (Å²) in [6.07, 6.45) is -4.60. The molecule has 0 saturated heterocycles. The monoisotopic (exact) mass is 450 g/mol. The molecule has 11 heteroatoms. The van der Waals surface area contributed by atoms with Crippen LogP contribution in [0.5, 0.6) is 5.75 Å². The molecule has 0 atom stereocenters. The van der Waals surface area contributed by atoms with Gasteiger partial charge in [0.05, 0.1) is 4.92 Å². The second kappa shape index (κ2) is 8.33. The fraction of sp³-hybridized carbons (Fsp3) is 0.188. The lowest BCUT2D eigenvalue weighted by molar-refractivity contribution is -0.385. The molecule has 2 aromatic carbocycles. The first-order valence-electron chi connectivity index (χ1n) is 7.27. The summed E-state index contributed by atoms with van der Waals surface area (Å²) in [5, 5.41) is 13.4. The van der Waals surface area contributed by atoms with E-state index >= 15 is 0 Å². The Kier molecular flexibility index (Phi) is 6.37. The summed E-state index contributed by atoms with van der Waals surface area (Å²) >= 11 is 3.17. The number of nitrogens with zero attached hydrogens (tertiary/aromatic N) is 1. The highest BCUT2D eigenvalue weighted by Crippen LogP contribution is 2.26. The van der Waals surface area contributed by atoms with Crippen molar-refractivity contribution in [3.63, 3.8) is 0 Å². The van der Waals surface area contributed by atoms with E-state index in [1.807, 2.05) is 0 Å². The molecule has 6 nitrogen and oxygen atoms in total. The third-order valence-corrected chi connectivity index (χ3v) is 4.03. The molecule has 2 aromatic rings. The van der Waals surface area contributed by atoms with E-state index in [1.165, 1.54) is 12.1 Å². The van der Waals surface area contributed by atoms with Gasteiger partial charge in [-0.3, -0.25) is 14.9 Å². The van der Waals surface area contributed by atoms with Crippen LogP contribution in [0.3, 0.4) is 0 Å². The average Bonchev–Trinajstić information content (AvgIpc) is 2.59. The van der Waals surface area contributed by atoms with Crippen molar-refractivity contribution in [2.75, 3.05) is 6.61 Å². The molecule has 0 aliphatic carbocycles. The predicted molar refractivity (Wildman–Crippen MR) is 89.9 cm³/mol. The van der Waals surface area contributed by atoms with E-state index in [-0.39, 0.29) is 12.3 Å². The van der Waals surface area contributed by atoms with Gasteiger partial charge in [-0.2, -0.15) is 13.2 Å². The van der Waals surface area contributed by atoms with E-state index in [2.05, 4.69) is 26.0 Å². The van der Waals surface area contributed by atoms with Crippen LogP contribution < -0.4 is 10.1 Å². The van der Waals surface area contributed by atoms with Crippen LogP contribution in [0.2, 0.25) is 0 Å². The maximum Gasteiger partial charge on any atom is 0.422 e. The number of halogens is 5. The highest BCUT2D eigenvalue weighted by Gasteiger charge is 2.29. The molecular formula is C16H11BrF4N2O4. The van der Waals surface area contributed by atoms with E-state index in [1.54, 1.807) is 0 Å². The summed E-state index contributed by atoms with van der Waals surface area (Å²) in [5.74, 6) is -1.82. The van der Waals surface area contributed by atoms with Crippen molar-refractivity contribution >= 4 is 27.5 Å². The Morgan fingerprint density at radius 1 is 1.22 bits per heavy atom. The van der Waals surface area contributed by atoms with Gasteiger partial charge in [-0.15, -0.1) is 0 Å². The second-order valence-corrected chi connectivity index (χ2v) is 6.11. The Hall–Kier alpha value is -2.69. The normalized spacial score (nSPS) is 11.1. The zero-order valence-electron chi connectivity index (χ0n) is 13.3. The van der Waals surface area contributed by atoms with Gasteiger partial charge in [0.15, 0.2) is 6.61 Å². The maximum atomic E-state index is 13.3. The number of benzene rings is 2. The lowest BCUT2D eigenvalue weighted by Crippen LogP contribution is -2.24. The molecule has 1 N–H and O–H groups in total. The number of nitro groups is 1. The van der Waals surface area contributed by atoms with Gasteiger partial charge in [0.1, 0.15) is 17.1 Å². The van der Waals surface area contributed by atoms with Gasteiger partial charge in [-0.25, -0.2) is 4.39 Å². The maximum absolute atomic E-state index is 13.3. The SMILES string of the molecule is O=C(NCc1cc(F)ccc1Br)c1cc(OCC(F)(F)F)ccc1[N+](=O)[O-]. The number of hydrogen-bond donors (Lipinski definition) is 1. The summed E-state index contributed by atoms with van der Waals surface area (Å²) in [7, 11) is 0. The molecule has 2 rings (SSSR count). The minimum Gasteiger partial charge on any atom is -0.484 e. The van der Waals surface area contributed by atoms with E-state index in [0.29, 0.717) is 10.0 Å². The van der Waals surface area contributed by atoms with Gasteiger partial charge in [0, 0.05) is 17.1 Å². The Morgan fingerprint density at radius 2 is 1.93 bits per heavy atom. The molecule has 0 aromatic heterocycles. The third-order valence-electron chi connectivity index (χ3n) is 3.26. The number of ether oxygens (including phenoxy) is 1. The van der Waals surface area contributed by atoms with Gasteiger partial charge in [-0.1, -0.05) is 15.9 Å². The van der Waals surface area contributed by atoms with E-state index in [4.69, 9.17) is 0 Å². The highest BCUT2D eigenvalue weighted by atomic mass is 79.9. The molecule has 0 bridgehead atoms. The predicted octanol–water partition coefficient (Wildman–Crippen LogP) is 4.37. The van der Waals surface area contributed by atoms with Crippen molar-refractivity contribution in [3.8, 4) is 5.75 Å². The molecule has 0 radical (unpaired) electrons. The van der Waals surface area contributed by atoms with E-state index in [0.717, 1.165) is 24.3 Å². The van der Waals surface area contributed by atoms with Crippen LogP contribution in [0, 0.1) is 15.9 Å². The second-order valence-electron chi connectivity index (χ2n) is 5.26. The Balaban J connectivity index is 2.21. The molecule has 144 valence electrons. The molecule has 0 heterocycles. The standard InChI is InChI=1S/C16H11BrF4N2O4/c17-13-3-1-10(18)5-9(13)7-22-15(24)12-6-11(27-8-16(19,20)21)2-4-14(12)23(25)26/h1-6H,7-8H2,(H,22,24). The highest BCUT2D eigenvalue weighted by molar-refractivity contribution is 9.10. The van der Waals surface area contributed by atoms with Crippen LogP contribution >= 0.6 is 15.9 Å². The van der Waals surface area contributed by atoms with Crippen LogP contribution in [0.15, 0.2) is 40.9 Å². The zero-order chi connectivity index (χ0) is 20.2. The van der Waals surface area contributed by atoms with Crippen molar-refractivity contribution in [2.45, 2.75) is 12.7 Å². The number of nitro benzene ring substituents is 1. The van der Waals surface area contributed by atoms with Crippen molar-refractivity contribution in [1.82, 2.24) is 5.32 Å². The van der Waals surface area contributed by atoms with Crippen molar-refractivity contribution in [2.24, 2.45) is 0 Å². The van der Waals surface area contributed by atoms with Crippen LogP contribution in [0.25, 0.3) is 0 Å². The Labute approximate surface area is 158 Å². The number of hydrogen-bond acceptors (Lipinski definition) is 4. The zero-order valence-corrected chi connectivity index (χ0v) is 14.9. The number of alkyl halides is 3. The molecular weight excluding hydrogens is 440 g/mol. The van der Waals surface area contributed by atoms with Crippen molar-refractivity contribution in [3.05, 3.63) is 67.9 Å². The minimum absolute atomic E-state index is 0.165. The molecule has 0 saturated carbocycles. The van der Waals surface area contributed by atoms with Gasteiger partial charge in [0.2, 0.25) is 0 Å². The minimum atomic E-state index is -4.60. The number of amides is 1. The Bertz CT molecular complexity index is 874. The lowest BCUT2D eigenvalue weighted by Gasteiger charge is -2.11. The van der Waals surface area contributed by atoms with Crippen LogP contribution in [0.4, 0.5) is 23.2 Å². The number of carbonyl (C=O) groups excluding carboxylic acids is 1. The van der Waals surface area contributed by atoms with Gasteiger partial charge in [-0.05, 0) is 35.9 Å².